The molecule has 0 bridgehead atoms. The largest absolute Gasteiger partial charge is 0.424 e. The highest BCUT2D eigenvalue weighted by Gasteiger charge is 2.73. The lowest BCUT2D eigenvalue weighted by Crippen LogP contribution is -2.70. The molecule has 1 amide bonds. The molecule has 6 heteroatoms. The molecule has 1 aliphatic carbocycles. The highest BCUT2D eigenvalue weighted by atomic mass is 28.4. The van der Waals surface area contributed by atoms with Gasteiger partial charge in [0.05, 0.1) is 5.60 Å². The Hall–Kier alpha value is -1.92. The van der Waals surface area contributed by atoms with Crippen LogP contribution in [-0.4, -0.2) is 42.8 Å². The fourth-order valence-electron chi connectivity index (χ4n) is 5.61. The molecule has 168 valence electrons. The highest BCUT2D eigenvalue weighted by molar-refractivity contribution is 6.74. The van der Waals surface area contributed by atoms with E-state index in [-0.39, 0.29) is 28.8 Å². The summed E-state index contributed by atoms with van der Waals surface area (Å²) >= 11 is 0. The van der Waals surface area contributed by atoms with Crippen molar-refractivity contribution < 1.29 is 18.8 Å². The van der Waals surface area contributed by atoms with E-state index < -0.39 is 19.5 Å². The second-order valence-electron chi connectivity index (χ2n) is 11.3. The lowest BCUT2D eigenvalue weighted by atomic mass is 9.51. The van der Waals surface area contributed by atoms with Crippen LogP contribution >= 0.6 is 0 Å². The van der Waals surface area contributed by atoms with Crippen LogP contribution in [0.5, 0.6) is 5.75 Å². The van der Waals surface area contributed by atoms with Crippen molar-refractivity contribution >= 4 is 20.2 Å². The summed E-state index contributed by atoms with van der Waals surface area (Å²) in [5.74, 6) is 0.0352. The molecular weight excluding hydrogens is 406 g/mol. The number of esters is 1. The van der Waals surface area contributed by atoms with Crippen LogP contribution in [0.1, 0.15) is 59.4 Å². The molecule has 4 rings (SSSR count). The predicted octanol–water partition coefficient (Wildman–Crippen LogP) is 5.04. The van der Waals surface area contributed by atoms with E-state index in [1.807, 2.05) is 24.3 Å². The molecule has 0 aromatic heterocycles. The van der Waals surface area contributed by atoms with Gasteiger partial charge in [0.25, 0.3) is 0 Å². The zero-order chi connectivity index (χ0) is 23.0. The van der Waals surface area contributed by atoms with Crippen LogP contribution in [0.2, 0.25) is 18.1 Å². The van der Waals surface area contributed by atoms with Gasteiger partial charge in [-0.25, -0.2) is 4.79 Å². The number of nitrogens with zero attached hydrogens (tertiary/aromatic N) is 1. The van der Waals surface area contributed by atoms with Gasteiger partial charge in [-0.1, -0.05) is 50.6 Å². The van der Waals surface area contributed by atoms with Crippen LogP contribution in [0.15, 0.2) is 35.9 Å². The maximum Gasteiger partial charge on any atom is 0.339 e. The Morgan fingerprint density at radius 1 is 1.23 bits per heavy atom. The molecule has 1 aromatic rings. The van der Waals surface area contributed by atoms with E-state index in [2.05, 4.69) is 53.8 Å². The van der Waals surface area contributed by atoms with E-state index in [0.29, 0.717) is 12.3 Å². The minimum atomic E-state index is -1.99. The number of benzene rings is 1. The Labute approximate surface area is 186 Å². The Balaban J connectivity index is 1.81. The number of rotatable bonds is 3. The van der Waals surface area contributed by atoms with Crippen LogP contribution in [0.25, 0.3) is 0 Å². The van der Waals surface area contributed by atoms with Crippen LogP contribution in [0, 0.1) is 5.92 Å². The lowest BCUT2D eigenvalue weighted by molar-refractivity contribution is -0.163. The second kappa shape index (κ2) is 6.79. The van der Waals surface area contributed by atoms with Crippen LogP contribution in [-0.2, 0) is 14.0 Å². The third-order valence-corrected chi connectivity index (χ3v) is 12.4. The van der Waals surface area contributed by atoms with Crippen molar-refractivity contribution in [2.75, 3.05) is 6.54 Å². The molecule has 1 aromatic carbocycles. The summed E-state index contributed by atoms with van der Waals surface area (Å²) in [7, 11) is -1.99. The van der Waals surface area contributed by atoms with Gasteiger partial charge in [-0.15, -0.1) is 0 Å². The molecule has 1 saturated carbocycles. The summed E-state index contributed by atoms with van der Waals surface area (Å²) in [6.45, 7) is 17.6. The first-order valence-corrected chi connectivity index (χ1v) is 14.2. The summed E-state index contributed by atoms with van der Waals surface area (Å²) in [6.07, 6.45) is 3.01. The average Bonchev–Trinajstić information content (AvgIpc) is 2.94. The van der Waals surface area contributed by atoms with Crippen molar-refractivity contribution in [3.05, 3.63) is 41.5 Å². The van der Waals surface area contributed by atoms with E-state index >= 15 is 0 Å². The molecule has 31 heavy (non-hydrogen) atoms. The third kappa shape index (κ3) is 3.13. The molecule has 2 heterocycles. The van der Waals surface area contributed by atoms with Crippen molar-refractivity contribution in [2.45, 2.75) is 83.2 Å². The minimum Gasteiger partial charge on any atom is -0.424 e. The first-order valence-electron chi connectivity index (χ1n) is 11.2. The first kappa shape index (κ1) is 22.3. The molecule has 1 spiro atoms. The number of likely N-dealkylation sites (tertiary alicyclic amines) is 1. The van der Waals surface area contributed by atoms with E-state index in [0.717, 1.165) is 12.0 Å². The summed E-state index contributed by atoms with van der Waals surface area (Å²) in [5.41, 5.74) is 0.807. The number of amides is 1. The topological polar surface area (TPSA) is 55.8 Å². The van der Waals surface area contributed by atoms with Crippen molar-refractivity contribution in [1.82, 2.24) is 4.90 Å². The van der Waals surface area contributed by atoms with Gasteiger partial charge >= 0.3 is 5.97 Å². The zero-order valence-corrected chi connectivity index (χ0v) is 21.0. The van der Waals surface area contributed by atoms with Gasteiger partial charge in [0.15, 0.2) is 13.9 Å². The van der Waals surface area contributed by atoms with Crippen LogP contribution in [0.4, 0.5) is 0 Å². The summed E-state index contributed by atoms with van der Waals surface area (Å²) in [5, 5.41) is 0.103. The SMILES string of the molecule is CC(=O)N1CC[C@@H]2/C(=C\C(C)(C)O[Si](C)(C)C(C)(C)C)C3c4ccccc4OC(=O)[C@]321. The molecule has 1 saturated heterocycles. The summed E-state index contributed by atoms with van der Waals surface area (Å²) in [6, 6.07) is 7.72. The molecular formula is C25H35NO4Si. The summed E-state index contributed by atoms with van der Waals surface area (Å²) in [4.78, 5) is 27.6. The Kier molecular flexibility index (Phi) is 4.88. The highest BCUT2D eigenvalue weighted by Crippen LogP contribution is 2.66. The van der Waals surface area contributed by atoms with E-state index in [4.69, 9.17) is 9.16 Å². The average molecular weight is 442 g/mol. The number of carbonyl (C=O) groups excluding carboxylic acids is 2. The first-order chi connectivity index (χ1) is 14.2. The van der Waals surface area contributed by atoms with E-state index in [9.17, 15) is 9.59 Å². The number of fused-ring (bicyclic) bond motifs is 2. The van der Waals surface area contributed by atoms with E-state index in [1.54, 1.807) is 11.8 Å². The zero-order valence-electron chi connectivity index (χ0n) is 20.0. The Morgan fingerprint density at radius 3 is 2.48 bits per heavy atom. The van der Waals surface area contributed by atoms with Crippen molar-refractivity contribution in [2.24, 2.45) is 5.92 Å². The van der Waals surface area contributed by atoms with Gasteiger partial charge in [0.1, 0.15) is 5.75 Å². The molecule has 2 aliphatic heterocycles. The molecule has 3 atom stereocenters. The normalized spacial score (nSPS) is 29.1. The lowest BCUT2D eigenvalue weighted by Gasteiger charge is -2.58. The number of hydrogen-bond donors (Lipinski definition) is 0. The predicted molar refractivity (Wildman–Crippen MR) is 123 cm³/mol. The van der Waals surface area contributed by atoms with Crippen molar-refractivity contribution in [3.63, 3.8) is 0 Å². The maximum atomic E-state index is 13.3. The third-order valence-electron chi connectivity index (χ3n) is 7.77. The Morgan fingerprint density at radius 2 is 1.87 bits per heavy atom. The number of ether oxygens (including phenoxy) is 1. The molecule has 5 nitrogen and oxygen atoms in total. The van der Waals surface area contributed by atoms with Gasteiger partial charge in [-0.2, -0.15) is 0 Å². The monoisotopic (exact) mass is 441 g/mol. The maximum absolute atomic E-state index is 13.3. The van der Waals surface area contributed by atoms with Crippen molar-refractivity contribution in [3.8, 4) is 5.75 Å². The fourth-order valence-corrected chi connectivity index (χ4v) is 7.29. The Bertz CT molecular complexity index is 974. The standard InChI is InChI=1S/C25H35NO4Si/c1-16(27)26-14-13-19-18(15-24(5,6)30-31(7,8)23(2,3)4)21-17-11-9-10-12-20(17)29-22(28)25(19,21)26/h9-12,15,19,21H,13-14H2,1-8H3/b18-15+/t19-,21?,25-/m1/s1. The van der Waals surface area contributed by atoms with Crippen LogP contribution < -0.4 is 4.74 Å². The molecule has 0 radical (unpaired) electrons. The summed E-state index contributed by atoms with van der Waals surface area (Å²) < 4.78 is 12.5. The minimum absolute atomic E-state index is 0.0236. The van der Waals surface area contributed by atoms with E-state index in [1.165, 1.54) is 5.57 Å². The number of carbonyl (C=O) groups is 2. The van der Waals surface area contributed by atoms with Crippen LogP contribution in [0.3, 0.4) is 0 Å². The smallest absolute Gasteiger partial charge is 0.339 e. The fraction of sp³-hybridized carbons (Fsp3) is 0.600. The van der Waals surface area contributed by atoms with Gasteiger partial charge in [0.2, 0.25) is 5.91 Å². The molecule has 2 fully saturated rings. The van der Waals surface area contributed by atoms with Gasteiger partial charge in [0, 0.05) is 30.9 Å². The van der Waals surface area contributed by atoms with Gasteiger partial charge in [-0.3, -0.25) is 4.79 Å². The molecule has 0 N–H and O–H groups in total. The quantitative estimate of drug-likeness (QED) is 0.285. The number of para-hydroxylation sites is 1. The molecule has 3 aliphatic rings. The number of hydrogen-bond acceptors (Lipinski definition) is 4. The van der Waals surface area contributed by atoms with Crippen molar-refractivity contribution in [1.29, 1.82) is 0 Å². The van der Waals surface area contributed by atoms with Gasteiger partial charge in [-0.05, 0) is 44.5 Å². The van der Waals surface area contributed by atoms with Gasteiger partial charge < -0.3 is 14.1 Å². The molecule has 1 unspecified atom stereocenters. The second-order valence-corrected chi connectivity index (χ2v) is 16.0.